The number of carbonyl (C=O) groups is 1. The van der Waals surface area contributed by atoms with Gasteiger partial charge >= 0.3 is 0 Å². The Morgan fingerprint density at radius 1 is 0.895 bits per heavy atom. The van der Waals surface area contributed by atoms with E-state index in [4.69, 9.17) is 4.74 Å². The molecule has 1 aliphatic rings. The number of Topliss-reactive ketones (excluding diaryl/α,β-unsaturated/α-hetero) is 1. The standard InChI is InChI=1S/C17H14O2/c1-19-14-9-7-13(8-10-14)17-15(11-16(17)18)12-5-3-2-4-6-12/h2-10H,11H2,1H3. The van der Waals surface area contributed by atoms with E-state index in [9.17, 15) is 4.79 Å². The second kappa shape index (κ2) is 4.73. The molecule has 2 aromatic carbocycles. The Hall–Kier alpha value is -2.35. The fourth-order valence-electron chi connectivity index (χ4n) is 2.38. The van der Waals surface area contributed by atoms with Gasteiger partial charge in [0.15, 0.2) is 5.78 Å². The van der Waals surface area contributed by atoms with Crippen molar-refractivity contribution in [2.75, 3.05) is 7.11 Å². The van der Waals surface area contributed by atoms with Crippen LogP contribution in [0, 0.1) is 0 Å². The molecular formula is C17H14O2. The summed E-state index contributed by atoms with van der Waals surface area (Å²) in [5.74, 6) is 1.02. The number of hydrogen-bond acceptors (Lipinski definition) is 2. The molecule has 0 amide bonds. The number of benzene rings is 2. The summed E-state index contributed by atoms with van der Waals surface area (Å²) in [5, 5.41) is 0. The Morgan fingerprint density at radius 3 is 2.16 bits per heavy atom. The van der Waals surface area contributed by atoms with Crippen LogP contribution < -0.4 is 4.74 Å². The van der Waals surface area contributed by atoms with Crippen molar-refractivity contribution < 1.29 is 9.53 Å². The van der Waals surface area contributed by atoms with Gasteiger partial charge in [-0.25, -0.2) is 0 Å². The van der Waals surface area contributed by atoms with Crippen molar-refractivity contribution in [2.24, 2.45) is 0 Å². The SMILES string of the molecule is COc1ccc(C2=C(c3ccccc3)CC2=O)cc1. The first-order valence-electron chi connectivity index (χ1n) is 6.26. The molecule has 0 saturated heterocycles. The van der Waals surface area contributed by atoms with Crippen molar-refractivity contribution in [3.05, 3.63) is 65.7 Å². The largest absolute Gasteiger partial charge is 0.497 e. The predicted molar refractivity (Wildman–Crippen MR) is 75.9 cm³/mol. The van der Waals surface area contributed by atoms with Crippen molar-refractivity contribution in [1.29, 1.82) is 0 Å². The van der Waals surface area contributed by atoms with Gasteiger partial charge in [0.25, 0.3) is 0 Å². The van der Waals surface area contributed by atoms with Crippen molar-refractivity contribution in [2.45, 2.75) is 6.42 Å². The fourth-order valence-corrected chi connectivity index (χ4v) is 2.38. The monoisotopic (exact) mass is 250 g/mol. The van der Waals surface area contributed by atoms with Crippen LogP contribution in [0.4, 0.5) is 0 Å². The van der Waals surface area contributed by atoms with Crippen molar-refractivity contribution >= 4 is 16.9 Å². The third kappa shape index (κ3) is 2.06. The molecule has 0 saturated carbocycles. The molecule has 2 aromatic rings. The van der Waals surface area contributed by atoms with Gasteiger partial charge in [-0.05, 0) is 28.8 Å². The maximum absolute atomic E-state index is 11.9. The van der Waals surface area contributed by atoms with E-state index >= 15 is 0 Å². The summed E-state index contributed by atoms with van der Waals surface area (Å²) < 4.78 is 5.14. The van der Waals surface area contributed by atoms with E-state index in [1.807, 2.05) is 54.6 Å². The van der Waals surface area contributed by atoms with Gasteiger partial charge in [-0.3, -0.25) is 4.79 Å². The third-order valence-corrected chi connectivity index (χ3v) is 3.42. The molecule has 0 bridgehead atoms. The zero-order valence-electron chi connectivity index (χ0n) is 10.7. The van der Waals surface area contributed by atoms with E-state index in [1.165, 1.54) is 0 Å². The quantitative estimate of drug-likeness (QED) is 0.832. The average molecular weight is 250 g/mol. The molecule has 94 valence electrons. The van der Waals surface area contributed by atoms with Gasteiger partial charge in [0.2, 0.25) is 0 Å². The summed E-state index contributed by atoms with van der Waals surface area (Å²) in [6.07, 6.45) is 0.533. The number of ether oxygens (including phenoxy) is 1. The first kappa shape index (κ1) is 11.7. The molecule has 2 heteroatoms. The Labute approximate surface area is 112 Å². The molecule has 0 radical (unpaired) electrons. The van der Waals surface area contributed by atoms with Gasteiger partial charge in [-0.2, -0.15) is 0 Å². The van der Waals surface area contributed by atoms with E-state index in [0.717, 1.165) is 28.0 Å². The van der Waals surface area contributed by atoms with Crippen molar-refractivity contribution in [1.82, 2.24) is 0 Å². The lowest BCUT2D eigenvalue weighted by Crippen LogP contribution is -2.15. The molecule has 1 aliphatic carbocycles. The fraction of sp³-hybridized carbons (Fsp3) is 0.118. The summed E-state index contributed by atoms with van der Waals surface area (Å²) in [6, 6.07) is 17.7. The molecule has 2 nitrogen and oxygen atoms in total. The van der Waals surface area contributed by atoms with Gasteiger partial charge in [-0.15, -0.1) is 0 Å². The summed E-state index contributed by atoms with van der Waals surface area (Å²) in [6.45, 7) is 0. The second-order valence-electron chi connectivity index (χ2n) is 4.55. The minimum atomic E-state index is 0.212. The normalized spacial score (nSPS) is 14.3. The van der Waals surface area contributed by atoms with Crippen LogP contribution in [0.3, 0.4) is 0 Å². The summed E-state index contributed by atoms with van der Waals surface area (Å²) >= 11 is 0. The van der Waals surface area contributed by atoms with Gasteiger partial charge in [0.05, 0.1) is 7.11 Å². The number of methoxy groups -OCH3 is 1. The van der Waals surface area contributed by atoms with E-state index in [1.54, 1.807) is 7.11 Å². The van der Waals surface area contributed by atoms with Gasteiger partial charge < -0.3 is 4.74 Å². The van der Waals surface area contributed by atoms with Gasteiger partial charge in [0.1, 0.15) is 5.75 Å². The topological polar surface area (TPSA) is 26.3 Å². The van der Waals surface area contributed by atoms with E-state index in [0.29, 0.717) is 6.42 Å². The summed E-state index contributed by atoms with van der Waals surface area (Å²) in [7, 11) is 1.64. The minimum absolute atomic E-state index is 0.212. The molecule has 0 heterocycles. The highest BCUT2D eigenvalue weighted by atomic mass is 16.5. The minimum Gasteiger partial charge on any atom is -0.497 e. The lowest BCUT2D eigenvalue weighted by Gasteiger charge is -2.23. The molecule has 0 N–H and O–H groups in total. The first-order valence-corrected chi connectivity index (χ1v) is 6.26. The number of allylic oxidation sites excluding steroid dienone is 2. The van der Waals surface area contributed by atoms with Gasteiger partial charge in [0, 0.05) is 12.0 Å². The highest BCUT2D eigenvalue weighted by Gasteiger charge is 2.28. The van der Waals surface area contributed by atoms with Crippen molar-refractivity contribution in [3.63, 3.8) is 0 Å². The summed E-state index contributed by atoms with van der Waals surface area (Å²) in [4.78, 5) is 11.9. The van der Waals surface area contributed by atoms with E-state index in [-0.39, 0.29) is 5.78 Å². The first-order chi connectivity index (χ1) is 9.29. The van der Waals surface area contributed by atoms with Crippen LogP contribution in [0.2, 0.25) is 0 Å². The van der Waals surface area contributed by atoms with Crippen LogP contribution in [-0.4, -0.2) is 12.9 Å². The predicted octanol–water partition coefficient (Wildman–Crippen LogP) is 3.58. The summed E-state index contributed by atoms with van der Waals surface area (Å²) in [5.41, 5.74) is 4.08. The van der Waals surface area contributed by atoms with Crippen LogP contribution >= 0.6 is 0 Å². The number of ketones is 1. The molecule has 0 unspecified atom stereocenters. The van der Waals surface area contributed by atoms with Gasteiger partial charge in [-0.1, -0.05) is 42.5 Å². The highest BCUT2D eigenvalue weighted by Crippen LogP contribution is 2.39. The molecular weight excluding hydrogens is 236 g/mol. The molecule has 3 rings (SSSR count). The zero-order chi connectivity index (χ0) is 13.2. The maximum atomic E-state index is 11.9. The number of hydrogen-bond donors (Lipinski definition) is 0. The van der Waals surface area contributed by atoms with Crippen LogP contribution in [0.5, 0.6) is 5.75 Å². The van der Waals surface area contributed by atoms with E-state index < -0.39 is 0 Å². The second-order valence-corrected chi connectivity index (χ2v) is 4.55. The third-order valence-electron chi connectivity index (χ3n) is 3.42. The molecule has 0 fully saturated rings. The maximum Gasteiger partial charge on any atom is 0.168 e. The Kier molecular flexibility index (Phi) is 2.92. The molecule has 0 aliphatic heterocycles. The lowest BCUT2D eigenvalue weighted by atomic mass is 9.79. The zero-order valence-corrected chi connectivity index (χ0v) is 10.7. The number of rotatable bonds is 3. The lowest BCUT2D eigenvalue weighted by molar-refractivity contribution is -0.113. The van der Waals surface area contributed by atoms with Crippen LogP contribution in [-0.2, 0) is 4.79 Å². The molecule has 0 atom stereocenters. The molecule has 19 heavy (non-hydrogen) atoms. The average Bonchev–Trinajstić information content (AvgIpc) is 2.46. The van der Waals surface area contributed by atoms with Crippen molar-refractivity contribution in [3.8, 4) is 5.75 Å². The van der Waals surface area contributed by atoms with E-state index in [2.05, 4.69) is 0 Å². The molecule has 0 spiro atoms. The Morgan fingerprint density at radius 2 is 1.58 bits per heavy atom. The Balaban J connectivity index is 2.04. The molecule has 0 aromatic heterocycles. The van der Waals surface area contributed by atoms with Crippen LogP contribution in [0.15, 0.2) is 54.6 Å². The Bertz CT molecular complexity index is 637. The number of carbonyl (C=O) groups excluding carboxylic acids is 1. The highest BCUT2D eigenvalue weighted by molar-refractivity contribution is 6.38. The smallest absolute Gasteiger partial charge is 0.168 e. The van der Waals surface area contributed by atoms with Crippen LogP contribution in [0.1, 0.15) is 17.5 Å². The van der Waals surface area contributed by atoms with Crippen LogP contribution in [0.25, 0.3) is 11.1 Å².